The second-order valence-corrected chi connectivity index (χ2v) is 3.41. The molecule has 0 spiro atoms. The van der Waals surface area contributed by atoms with Crippen LogP contribution in [-0.2, 0) is 0 Å². The van der Waals surface area contributed by atoms with Crippen LogP contribution in [0.25, 0.3) is 11.0 Å². The molecule has 1 aromatic carbocycles. The van der Waals surface area contributed by atoms with Gasteiger partial charge < -0.3 is 0 Å². The maximum Gasteiger partial charge on any atom is 0.593 e. The quantitative estimate of drug-likeness (QED) is 0.606. The first-order chi connectivity index (χ1) is 8.28. The Labute approximate surface area is 96.9 Å². The Morgan fingerprint density at radius 2 is 2.11 bits per heavy atom. The third kappa shape index (κ3) is 2.17. The number of benzene rings is 1. The molecule has 0 aliphatic heterocycles. The summed E-state index contributed by atoms with van der Waals surface area (Å²) in [5.74, 6) is 0. The minimum absolute atomic E-state index is 0.106. The SMILES string of the molecule is Cc1cc([N+](=O)[O-])c2nnn(OC(F)(F)F)c2c1. The number of aromatic nitrogens is 3. The van der Waals surface area contributed by atoms with E-state index in [1.54, 1.807) is 0 Å². The summed E-state index contributed by atoms with van der Waals surface area (Å²) in [6.07, 6.45) is -4.96. The third-order valence-electron chi connectivity index (χ3n) is 2.03. The van der Waals surface area contributed by atoms with Crippen LogP contribution in [0.2, 0.25) is 0 Å². The van der Waals surface area contributed by atoms with E-state index >= 15 is 0 Å². The first-order valence-corrected chi connectivity index (χ1v) is 4.54. The van der Waals surface area contributed by atoms with Gasteiger partial charge in [-0.2, -0.15) is 0 Å². The van der Waals surface area contributed by atoms with E-state index in [0.717, 1.165) is 0 Å². The van der Waals surface area contributed by atoms with Gasteiger partial charge in [0.15, 0.2) is 5.52 Å². The number of rotatable bonds is 2. The molecule has 0 N–H and O–H groups in total. The van der Waals surface area contributed by atoms with Gasteiger partial charge in [-0.05, 0) is 23.8 Å². The van der Waals surface area contributed by atoms with Crippen molar-refractivity contribution in [2.24, 2.45) is 0 Å². The molecule has 0 amide bonds. The molecule has 0 aliphatic rings. The molecule has 2 aromatic rings. The number of nitrogens with zero attached hydrogens (tertiary/aromatic N) is 4. The molecule has 0 saturated carbocycles. The third-order valence-corrected chi connectivity index (χ3v) is 2.03. The van der Waals surface area contributed by atoms with Crippen molar-refractivity contribution >= 4 is 16.7 Å². The van der Waals surface area contributed by atoms with E-state index in [-0.39, 0.29) is 15.9 Å². The van der Waals surface area contributed by atoms with E-state index in [9.17, 15) is 23.3 Å². The first-order valence-electron chi connectivity index (χ1n) is 4.54. The number of nitro benzene ring substituents is 1. The lowest BCUT2D eigenvalue weighted by molar-refractivity contribution is -0.383. The highest BCUT2D eigenvalue weighted by molar-refractivity contribution is 5.84. The highest BCUT2D eigenvalue weighted by Gasteiger charge is 2.34. The molecule has 96 valence electrons. The summed E-state index contributed by atoms with van der Waals surface area (Å²) in [7, 11) is 0. The fourth-order valence-electron chi connectivity index (χ4n) is 1.43. The van der Waals surface area contributed by atoms with Gasteiger partial charge in [0.25, 0.3) is 5.69 Å². The zero-order valence-electron chi connectivity index (χ0n) is 8.80. The Morgan fingerprint density at radius 3 is 2.67 bits per heavy atom. The minimum Gasteiger partial charge on any atom is -0.293 e. The van der Waals surface area contributed by atoms with Gasteiger partial charge in [-0.3, -0.25) is 15.0 Å². The van der Waals surface area contributed by atoms with Gasteiger partial charge in [0.05, 0.1) is 4.92 Å². The number of halogens is 3. The number of alkyl halides is 3. The van der Waals surface area contributed by atoms with Crippen LogP contribution < -0.4 is 4.84 Å². The van der Waals surface area contributed by atoms with Crippen LogP contribution in [0, 0.1) is 17.0 Å². The van der Waals surface area contributed by atoms with E-state index in [0.29, 0.717) is 5.56 Å². The minimum atomic E-state index is -4.96. The molecule has 0 aliphatic carbocycles. The zero-order valence-corrected chi connectivity index (χ0v) is 8.80. The van der Waals surface area contributed by atoms with Gasteiger partial charge in [-0.1, -0.05) is 4.85 Å². The highest BCUT2D eigenvalue weighted by atomic mass is 19.4. The lowest BCUT2D eigenvalue weighted by Crippen LogP contribution is -2.27. The average Bonchev–Trinajstić information content (AvgIpc) is 2.58. The fourth-order valence-corrected chi connectivity index (χ4v) is 1.43. The highest BCUT2D eigenvalue weighted by Crippen LogP contribution is 2.25. The zero-order chi connectivity index (χ0) is 13.5. The van der Waals surface area contributed by atoms with E-state index < -0.39 is 17.0 Å². The summed E-state index contributed by atoms with van der Waals surface area (Å²) in [5, 5.41) is 17.1. The van der Waals surface area contributed by atoms with Crippen molar-refractivity contribution in [3.8, 4) is 0 Å². The van der Waals surface area contributed by atoms with Crippen molar-refractivity contribution in [3.05, 3.63) is 27.8 Å². The topological polar surface area (TPSA) is 83.1 Å². The summed E-state index contributed by atoms with van der Waals surface area (Å²) in [5.41, 5.74) is -0.528. The van der Waals surface area contributed by atoms with Crippen LogP contribution in [0.5, 0.6) is 0 Å². The largest absolute Gasteiger partial charge is 0.593 e. The monoisotopic (exact) mass is 262 g/mol. The van der Waals surface area contributed by atoms with E-state index in [4.69, 9.17) is 0 Å². The number of non-ortho nitro benzene ring substituents is 1. The van der Waals surface area contributed by atoms with Crippen molar-refractivity contribution in [1.82, 2.24) is 15.2 Å². The maximum atomic E-state index is 12.1. The molecule has 18 heavy (non-hydrogen) atoms. The summed E-state index contributed by atoms with van der Waals surface area (Å²) < 4.78 is 36.2. The standard InChI is InChI=1S/C8H5F3N4O3/c1-4-2-5-7(6(3-4)15(16)17)12-13-14(5)18-8(9,10)11/h2-3H,1H3. The number of hydrogen-bond acceptors (Lipinski definition) is 5. The Kier molecular flexibility index (Phi) is 2.56. The Hall–Kier alpha value is -2.39. The molecular formula is C8H5F3N4O3. The molecular weight excluding hydrogens is 257 g/mol. The van der Waals surface area contributed by atoms with Gasteiger partial charge in [0.1, 0.15) is 5.52 Å². The van der Waals surface area contributed by atoms with Crippen LogP contribution in [0.4, 0.5) is 18.9 Å². The van der Waals surface area contributed by atoms with Crippen LogP contribution in [0.15, 0.2) is 12.1 Å². The summed E-state index contributed by atoms with van der Waals surface area (Å²) in [4.78, 5) is 13.7. The van der Waals surface area contributed by atoms with Gasteiger partial charge in [-0.15, -0.1) is 18.3 Å². The Bertz CT molecular complexity index is 622. The van der Waals surface area contributed by atoms with Crippen molar-refractivity contribution in [2.75, 3.05) is 0 Å². The van der Waals surface area contributed by atoms with Crippen LogP contribution in [0.1, 0.15) is 5.56 Å². The van der Waals surface area contributed by atoms with Crippen LogP contribution >= 0.6 is 0 Å². The molecule has 10 heteroatoms. The van der Waals surface area contributed by atoms with Crippen molar-refractivity contribution < 1.29 is 22.9 Å². The first kappa shape index (κ1) is 12.1. The van der Waals surface area contributed by atoms with Gasteiger partial charge >= 0.3 is 6.36 Å². The normalized spacial score (nSPS) is 11.8. The van der Waals surface area contributed by atoms with Crippen molar-refractivity contribution in [2.45, 2.75) is 13.3 Å². The maximum absolute atomic E-state index is 12.1. The lowest BCUT2D eigenvalue weighted by Gasteiger charge is -2.07. The van der Waals surface area contributed by atoms with Gasteiger partial charge in [-0.25, -0.2) is 0 Å². The molecule has 0 bridgehead atoms. The predicted molar refractivity (Wildman–Crippen MR) is 51.6 cm³/mol. The Balaban J connectivity index is 2.63. The summed E-state index contributed by atoms with van der Waals surface area (Å²) >= 11 is 0. The number of hydrogen-bond donors (Lipinski definition) is 0. The van der Waals surface area contributed by atoms with E-state index in [2.05, 4.69) is 15.1 Å². The van der Waals surface area contributed by atoms with Gasteiger partial charge in [0.2, 0.25) is 0 Å². The number of fused-ring (bicyclic) bond motifs is 1. The second kappa shape index (κ2) is 3.82. The molecule has 1 aromatic heterocycles. The fraction of sp³-hybridized carbons (Fsp3) is 0.250. The lowest BCUT2D eigenvalue weighted by atomic mass is 10.2. The molecule has 2 rings (SSSR count). The van der Waals surface area contributed by atoms with Crippen molar-refractivity contribution in [1.29, 1.82) is 0 Å². The van der Waals surface area contributed by atoms with E-state index in [1.807, 2.05) is 0 Å². The average molecular weight is 262 g/mol. The Morgan fingerprint density at radius 1 is 1.44 bits per heavy atom. The van der Waals surface area contributed by atoms with Gasteiger partial charge in [0, 0.05) is 6.07 Å². The van der Waals surface area contributed by atoms with Crippen LogP contribution in [-0.4, -0.2) is 26.4 Å². The smallest absolute Gasteiger partial charge is 0.293 e. The van der Waals surface area contributed by atoms with Crippen LogP contribution in [0.3, 0.4) is 0 Å². The van der Waals surface area contributed by atoms with Crippen molar-refractivity contribution in [3.63, 3.8) is 0 Å². The molecule has 0 unspecified atom stereocenters. The summed E-state index contributed by atoms with van der Waals surface area (Å²) in [6, 6.07) is 2.45. The van der Waals surface area contributed by atoms with E-state index in [1.165, 1.54) is 19.1 Å². The molecule has 0 fully saturated rings. The molecule has 7 nitrogen and oxygen atoms in total. The molecule has 0 saturated heterocycles. The summed E-state index contributed by atoms with van der Waals surface area (Å²) in [6.45, 7) is 1.50. The molecule has 0 radical (unpaired) electrons. The number of nitro groups is 1. The predicted octanol–water partition coefficient (Wildman–Crippen LogP) is 1.60. The molecule has 0 atom stereocenters. The second-order valence-electron chi connectivity index (χ2n) is 3.41. The number of aryl methyl sites for hydroxylation is 1. The molecule has 1 heterocycles.